The second-order valence-corrected chi connectivity index (χ2v) is 8.60. The predicted molar refractivity (Wildman–Crippen MR) is 127 cm³/mol. The van der Waals surface area contributed by atoms with Gasteiger partial charge in [-0.05, 0) is 25.3 Å². The molecule has 0 saturated carbocycles. The second-order valence-electron chi connectivity index (χ2n) is 7.83. The summed E-state index contributed by atoms with van der Waals surface area (Å²) in [6.45, 7) is 3.90. The van der Waals surface area contributed by atoms with Crippen molar-refractivity contribution in [3.8, 4) is 17.3 Å². The van der Waals surface area contributed by atoms with Crippen LogP contribution in [-0.2, 0) is 27.3 Å². The minimum Gasteiger partial charge on any atom is -0.475 e. The molecule has 1 amide bonds. The number of amides is 1. The summed E-state index contributed by atoms with van der Waals surface area (Å²) in [7, 11) is 1.62. The molecule has 0 spiro atoms. The van der Waals surface area contributed by atoms with Crippen molar-refractivity contribution in [1.29, 1.82) is 0 Å². The first-order valence-electron chi connectivity index (χ1n) is 11.0. The van der Waals surface area contributed by atoms with Crippen molar-refractivity contribution in [3.63, 3.8) is 0 Å². The standard InChI is InChI=1S/C24H28N4O5S/c1-16-20(26-23(33-16)17-7-5-4-6-8-17)12-22(29)28-9-10-31-19(13-28)15-32-21-11-18(14-30-2)25-24(27-21)34-3/h4-8,11,19H,9-10,12-15H2,1-3H3. The van der Waals surface area contributed by atoms with E-state index in [1.165, 1.54) is 11.8 Å². The van der Waals surface area contributed by atoms with Crippen LogP contribution in [0.5, 0.6) is 5.88 Å². The zero-order valence-electron chi connectivity index (χ0n) is 19.5. The van der Waals surface area contributed by atoms with Crippen molar-refractivity contribution in [3.05, 3.63) is 53.5 Å². The highest BCUT2D eigenvalue weighted by Gasteiger charge is 2.26. The summed E-state index contributed by atoms with van der Waals surface area (Å²) < 4.78 is 22.7. The minimum absolute atomic E-state index is 0.0154. The number of carbonyl (C=O) groups excluding carboxylic acids is 1. The number of hydrogen-bond acceptors (Lipinski definition) is 9. The van der Waals surface area contributed by atoms with Gasteiger partial charge in [0.2, 0.25) is 17.7 Å². The van der Waals surface area contributed by atoms with Crippen LogP contribution in [0.25, 0.3) is 11.5 Å². The van der Waals surface area contributed by atoms with E-state index in [9.17, 15) is 4.79 Å². The third kappa shape index (κ3) is 6.13. The Morgan fingerprint density at radius 1 is 1.24 bits per heavy atom. The molecule has 3 heterocycles. The number of benzene rings is 1. The Bertz CT molecular complexity index is 1110. The van der Waals surface area contributed by atoms with Crippen molar-refractivity contribution in [1.82, 2.24) is 19.9 Å². The number of aryl methyl sites for hydroxylation is 1. The zero-order valence-corrected chi connectivity index (χ0v) is 20.3. The van der Waals surface area contributed by atoms with Crippen molar-refractivity contribution in [2.24, 2.45) is 0 Å². The number of nitrogens with zero attached hydrogens (tertiary/aromatic N) is 4. The van der Waals surface area contributed by atoms with Crippen LogP contribution >= 0.6 is 11.8 Å². The van der Waals surface area contributed by atoms with Crippen molar-refractivity contribution < 1.29 is 23.4 Å². The molecule has 4 rings (SSSR count). The molecular weight excluding hydrogens is 456 g/mol. The van der Waals surface area contributed by atoms with E-state index in [2.05, 4.69) is 15.0 Å². The van der Waals surface area contributed by atoms with Gasteiger partial charge in [0.25, 0.3) is 0 Å². The number of oxazole rings is 1. The first kappa shape index (κ1) is 24.2. The van der Waals surface area contributed by atoms with E-state index in [1.807, 2.05) is 43.5 Å². The third-order valence-electron chi connectivity index (χ3n) is 5.35. The highest BCUT2D eigenvalue weighted by Crippen LogP contribution is 2.22. The number of thioether (sulfide) groups is 1. The summed E-state index contributed by atoms with van der Waals surface area (Å²) in [6.07, 6.45) is 1.83. The average molecular weight is 485 g/mol. The van der Waals surface area contributed by atoms with Gasteiger partial charge in [-0.3, -0.25) is 4.79 Å². The molecule has 180 valence electrons. The number of rotatable bonds is 9. The van der Waals surface area contributed by atoms with Gasteiger partial charge in [-0.2, -0.15) is 4.98 Å². The summed E-state index contributed by atoms with van der Waals surface area (Å²) >= 11 is 1.44. The molecule has 1 fully saturated rings. The molecule has 2 aromatic heterocycles. The van der Waals surface area contributed by atoms with Crippen LogP contribution in [0.3, 0.4) is 0 Å². The molecule has 1 aliphatic rings. The number of methoxy groups -OCH3 is 1. The lowest BCUT2D eigenvalue weighted by Crippen LogP contribution is -2.48. The van der Waals surface area contributed by atoms with Crippen molar-refractivity contribution in [2.75, 3.05) is 39.7 Å². The quantitative estimate of drug-likeness (QED) is 0.335. The fourth-order valence-corrected chi connectivity index (χ4v) is 4.00. The lowest BCUT2D eigenvalue weighted by Gasteiger charge is -2.32. The van der Waals surface area contributed by atoms with Crippen LogP contribution in [0.1, 0.15) is 17.1 Å². The van der Waals surface area contributed by atoms with Gasteiger partial charge in [0.15, 0.2) is 5.16 Å². The Morgan fingerprint density at radius 2 is 2.06 bits per heavy atom. The molecule has 0 aliphatic carbocycles. The first-order valence-corrected chi connectivity index (χ1v) is 12.2. The maximum atomic E-state index is 13.0. The monoisotopic (exact) mass is 484 g/mol. The van der Waals surface area contributed by atoms with E-state index in [1.54, 1.807) is 18.1 Å². The highest BCUT2D eigenvalue weighted by atomic mass is 32.2. The summed E-state index contributed by atoms with van der Waals surface area (Å²) in [4.78, 5) is 28.1. The van der Waals surface area contributed by atoms with Gasteiger partial charge in [-0.15, -0.1) is 0 Å². The Kier molecular flexibility index (Phi) is 8.15. The SMILES string of the molecule is COCc1cc(OCC2CN(C(=O)Cc3nc(-c4ccccc4)oc3C)CCO2)nc(SC)n1. The Morgan fingerprint density at radius 3 is 2.82 bits per heavy atom. The smallest absolute Gasteiger partial charge is 0.228 e. The molecule has 1 saturated heterocycles. The molecule has 0 radical (unpaired) electrons. The minimum atomic E-state index is -0.255. The number of morpholine rings is 1. The van der Waals surface area contributed by atoms with E-state index < -0.39 is 0 Å². The number of ether oxygens (including phenoxy) is 3. The van der Waals surface area contributed by atoms with Gasteiger partial charge < -0.3 is 23.5 Å². The molecule has 34 heavy (non-hydrogen) atoms. The second kappa shape index (κ2) is 11.5. The van der Waals surface area contributed by atoms with Crippen LogP contribution in [0, 0.1) is 6.92 Å². The summed E-state index contributed by atoms with van der Waals surface area (Å²) in [5.41, 5.74) is 2.28. The Balaban J connectivity index is 1.35. The molecule has 3 aromatic rings. The molecule has 10 heteroatoms. The van der Waals surface area contributed by atoms with Crippen LogP contribution in [-0.4, -0.2) is 71.5 Å². The largest absolute Gasteiger partial charge is 0.475 e. The number of hydrogen-bond donors (Lipinski definition) is 0. The van der Waals surface area contributed by atoms with Gasteiger partial charge in [0.05, 0.1) is 37.6 Å². The molecule has 1 unspecified atom stereocenters. The summed E-state index contributed by atoms with van der Waals surface area (Å²) in [6, 6.07) is 11.4. The van der Waals surface area contributed by atoms with Crippen LogP contribution < -0.4 is 4.74 Å². The first-order chi connectivity index (χ1) is 16.6. The highest BCUT2D eigenvalue weighted by molar-refractivity contribution is 7.98. The summed E-state index contributed by atoms with van der Waals surface area (Å²) in [5, 5.41) is 0.615. The topological polar surface area (TPSA) is 99.8 Å². The van der Waals surface area contributed by atoms with Crippen LogP contribution in [0.4, 0.5) is 0 Å². The third-order valence-corrected chi connectivity index (χ3v) is 5.90. The fraction of sp³-hybridized carbons (Fsp3) is 0.417. The van der Waals surface area contributed by atoms with Crippen molar-refractivity contribution >= 4 is 17.7 Å². The van der Waals surface area contributed by atoms with Crippen molar-refractivity contribution in [2.45, 2.75) is 31.2 Å². The average Bonchev–Trinajstić information content (AvgIpc) is 3.23. The summed E-state index contributed by atoms with van der Waals surface area (Å²) in [5.74, 6) is 1.63. The van der Waals surface area contributed by atoms with E-state index in [-0.39, 0.29) is 25.0 Å². The molecule has 0 bridgehead atoms. The van der Waals surface area contributed by atoms with E-state index in [4.69, 9.17) is 18.6 Å². The molecule has 1 aromatic carbocycles. The predicted octanol–water partition coefficient (Wildman–Crippen LogP) is 3.16. The Hall–Kier alpha value is -2.95. The number of aromatic nitrogens is 3. The maximum Gasteiger partial charge on any atom is 0.228 e. The van der Waals surface area contributed by atoms with Gasteiger partial charge in [-0.1, -0.05) is 30.0 Å². The Labute approximate surface area is 202 Å². The van der Waals surface area contributed by atoms with Crippen LogP contribution in [0.15, 0.2) is 46.0 Å². The van der Waals surface area contributed by atoms with Gasteiger partial charge in [0.1, 0.15) is 18.5 Å². The normalized spacial score (nSPS) is 16.0. The van der Waals surface area contributed by atoms with Gasteiger partial charge in [0, 0.05) is 25.3 Å². The molecular formula is C24H28N4O5S. The van der Waals surface area contributed by atoms with Gasteiger partial charge >= 0.3 is 0 Å². The lowest BCUT2D eigenvalue weighted by molar-refractivity contribution is -0.139. The molecule has 1 aliphatic heterocycles. The van der Waals surface area contributed by atoms with Gasteiger partial charge in [-0.25, -0.2) is 9.97 Å². The van der Waals surface area contributed by atoms with E-state index >= 15 is 0 Å². The molecule has 0 N–H and O–H groups in total. The lowest BCUT2D eigenvalue weighted by atomic mass is 10.2. The van der Waals surface area contributed by atoms with E-state index in [0.29, 0.717) is 54.7 Å². The molecule has 9 nitrogen and oxygen atoms in total. The van der Waals surface area contributed by atoms with Crippen LogP contribution in [0.2, 0.25) is 0 Å². The molecule has 1 atom stereocenters. The maximum absolute atomic E-state index is 13.0. The fourth-order valence-electron chi connectivity index (χ4n) is 3.61. The van der Waals surface area contributed by atoms with E-state index in [0.717, 1.165) is 11.3 Å². The zero-order chi connectivity index (χ0) is 23.9. The number of carbonyl (C=O) groups is 1.